The highest BCUT2D eigenvalue weighted by Crippen LogP contribution is 2.34. The van der Waals surface area contributed by atoms with Crippen LogP contribution < -0.4 is 10.1 Å². The van der Waals surface area contributed by atoms with Crippen LogP contribution in [0.1, 0.15) is 53.7 Å². The Morgan fingerprint density at radius 1 is 1.16 bits per heavy atom. The molecule has 0 saturated heterocycles. The van der Waals surface area contributed by atoms with Gasteiger partial charge in [0.1, 0.15) is 5.75 Å². The molecule has 0 saturated carbocycles. The smallest absolute Gasteiger partial charge is 0.255 e. The summed E-state index contributed by atoms with van der Waals surface area (Å²) in [5.74, 6) is 1.77. The average molecular weight is 439 g/mol. The molecule has 2 aromatic carbocycles. The van der Waals surface area contributed by atoms with Crippen molar-refractivity contribution in [2.45, 2.75) is 56.9 Å². The number of unbranched alkanes of at least 4 members (excludes halogenated alkanes) is 1. The SMILES string of the molecule is CCCCN1CCc2ccccc2CC1CNC(=O)c1cc(SCC)cc2c1OCC2. The van der Waals surface area contributed by atoms with Gasteiger partial charge < -0.3 is 10.1 Å². The lowest BCUT2D eigenvalue weighted by Gasteiger charge is -2.30. The highest BCUT2D eigenvalue weighted by Gasteiger charge is 2.26. The largest absolute Gasteiger partial charge is 0.492 e. The van der Waals surface area contributed by atoms with Crippen molar-refractivity contribution in [3.63, 3.8) is 0 Å². The molecule has 1 atom stereocenters. The molecule has 0 bridgehead atoms. The lowest BCUT2D eigenvalue weighted by Crippen LogP contribution is -2.45. The number of hydrogen-bond acceptors (Lipinski definition) is 4. The molecule has 2 aliphatic rings. The van der Waals surface area contributed by atoms with Crippen LogP contribution in [0.4, 0.5) is 0 Å². The zero-order valence-corrected chi connectivity index (χ0v) is 19.6. The maximum atomic E-state index is 13.2. The number of rotatable bonds is 8. The molecule has 2 aliphatic heterocycles. The van der Waals surface area contributed by atoms with Gasteiger partial charge in [-0.3, -0.25) is 9.69 Å². The molecule has 0 fully saturated rings. The number of fused-ring (bicyclic) bond motifs is 2. The Morgan fingerprint density at radius 3 is 2.81 bits per heavy atom. The first-order valence-electron chi connectivity index (χ1n) is 11.7. The quantitative estimate of drug-likeness (QED) is 0.605. The number of carbonyl (C=O) groups excluding carboxylic acids is 1. The first-order valence-corrected chi connectivity index (χ1v) is 12.7. The molecule has 0 aromatic heterocycles. The van der Waals surface area contributed by atoms with E-state index in [1.165, 1.54) is 24.0 Å². The third-order valence-corrected chi connectivity index (χ3v) is 7.23. The van der Waals surface area contributed by atoms with E-state index >= 15 is 0 Å². The van der Waals surface area contributed by atoms with Crippen LogP contribution in [0.5, 0.6) is 5.75 Å². The van der Waals surface area contributed by atoms with Gasteiger partial charge in [-0.2, -0.15) is 0 Å². The second-order valence-electron chi connectivity index (χ2n) is 8.47. The van der Waals surface area contributed by atoms with Crippen LogP contribution >= 0.6 is 11.8 Å². The summed E-state index contributed by atoms with van der Waals surface area (Å²) in [5.41, 5.74) is 4.73. The second kappa shape index (κ2) is 10.6. The normalized spacial score (nSPS) is 18.1. The van der Waals surface area contributed by atoms with Crippen molar-refractivity contribution in [1.29, 1.82) is 0 Å². The fourth-order valence-electron chi connectivity index (χ4n) is 4.69. The van der Waals surface area contributed by atoms with E-state index in [9.17, 15) is 4.79 Å². The summed E-state index contributed by atoms with van der Waals surface area (Å²) in [6.45, 7) is 7.86. The van der Waals surface area contributed by atoms with Gasteiger partial charge in [-0.1, -0.05) is 44.5 Å². The molecule has 31 heavy (non-hydrogen) atoms. The predicted molar refractivity (Wildman–Crippen MR) is 128 cm³/mol. The van der Waals surface area contributed by atoms with E-state index in [0.717, 1.165) is 54.3 Å². The summed E-state index contributed by atoms with van der Waals surface area (Å²) in [4.78, 5) is 17.0. The predicted octanol–water partition coefficient (Wildman–Crippen LogP) is 4.73. The molecule has 1 amide bonds. The minimum atomic E-state index is -0.00956. The third-order valence-electron chi connectivity index (χ3n) is 6.37. The zero-order chi connectivity index (χ0) is 21.6. The van der Waals surface area contributed by atoms with Crippen molar-refractivity contribution in [2.24, 2.45) is 0 Å². The number of hydrogen-bond donors (Lipinski definition) is 1. The molecule has 4 nitrogen and oxygen atoms in total. The van der Waals surface area contributed by atoms with Gasteiger partial charge in [0.25, 0.3) is 5.91 Å². The van der Waals surface area contributed by atoms with Gasteiger partial charge in [0.2, 0.25) is 0 Å². The summed E-state index contributed by atoms with van der Waals surface area (Å²) in [5, 5.41) is 3.26. The Morgan fingerprint density at radius 2 is 2.00 bits per heavy atom. The maximum absolute atomic E-state index is 13.2. The third kappa shape index (κ3) is 5.27. The number of carbonyl (C=O) groups is 1. The van der Waals surface area contributed by atoms with Crippen molar-refractivity contribution in [1.82, 2.24) is 10.2 Å². The van der Waals surface area contributed by atoms with Crippen LogP contribution in [0.3, 0.4) is 0 Å². The number of benzene rings is 2. The summed E-state index contributed by atoms with van der Waals surface area (Å²) < 4.78 is 5.84. The van der Waals surface area contributed by atoms with Gasteiger partial charge >= 0.3 is 0 Å². The molecular formula is C26H34N2O2S. The minimum absolute atomic E-state index is 0.00956. The van der Waals surface area contributed by atoms with Crippen LogP contribution in [-0.4, -0.2) is 48.8 Å². The molecule has 2 aromatic rings. The summed E-state index contributed by atoms with van der Waals surface area (Å²) >= 11 is 1.78. The van der Waals surface area contributed by atoms with Gasteiger partial charge in [0, 0.05) is 30.4 Å². The highest BCUT2D eigenvalue weighted by molar-refractivity contribution is 7.99. The van der Waals surface area contributed by atoms with Crippen LogP contribution in [0.25, 0.3) is 0 Å². The van der Waals surface area contributed by atoms with Crippen molar-refractivity contribution in [2.75, 3.05) is 32.0 Å². The number of thioether (sulfide) groups is 1. The van der Waals surface area contributed by atoms with Crippen molar-refractivity contribution in [3.8, 4) is 5.75 Å². The molecule has 1 unspecified atom stereocenters. The number of amides is 1. The fraction of sp³-hybridized carbons (Fsp3) is 0.500. The molecule has 4 rings (SSSR count). The maximum Gasteiger partial charge on any atom is 0.255 e. The van der Waals surface area contributed by atoms with Gasteiger partial charge in [-0.15, -0.1) is 11.8 Å². The van der Waals surface area contributed by atoms with Crippen LogP contribution in [0.2, 0.25) is 0 Å². The van der Waals surface area contributed by atoms with Gasteiger partial charge in [-0.05, 0) is 60.4 Å². The second-order valence-corrected chi connectivity index (χ2v) is 9.80. The molecule has 0 spiro atoms. The summed E-state index contributed by atoms with van der Waals surface area (Å²) in [6, 6.07) is 13.3. The van der Waals surface area contributed by atoms with E-state index in [1.807, 2.05) is 6.07 Å². The molecule has 5 heteroatoms. The van der Waals surface area contributed by atoms with E-state index in [-0.39, 0.29) is 5.91 Å². The number of ether oxygens (including phenoxy) is 1. The summed E-state index contributed by atoms with van der Waals surface area (Å²) in [6.07, 6.45) is 5.34. The Kier molecular flexibility index (Phi) is 7.57. The van der Waals surface area contributed by atoms with E-state index < -0.39 is 0 Å². The van der Waals surface area contributed by atoms with Gasteiger partial charge in [0.05, 0.1) is 12.2 Å². The standard InChI is InChI=1S/C26H34N2O2S/c1-3-5-12-28-13-10-19-8-6-7-9-20(19)15-22(28)18-27-26(29)24-17-23(31-4-2)16-21-11-14-30-25(21)24/h6-9,16-17,22H,3-5,10-15,18H2,1-2H3,(H,27,29). The first kappa shape index (κ1) is 22.2. The minimum Gasteiger partial charge on any atom is -0.492 e. The monoisotopic (exact) mass is 438 g/mol. The van der Waals surface area contributed by atoms with Crippen LogP contribution in [0.15, 0.2) is 41.3 Å². The molecule has 166 valence electrons. The first-order chi connectivity index (χ1) is 15.2. The van der Waals surface area contributed by atoms with Crippen LogP contribution in [0, 0.1) is 0 Å². The molecule has 0 aliphatic carbocycles. The number of nitrogens with one attached hydrogen (secondary N) is 1. The van der Waals surface area contributed by atoms with Gasteiger partial charge in [-0.25, -0.2) is 0 Å². The highest BCUT2D eigenvalue weighted by atomic mass is 32.2. The number of nitrogens with zero attached hydrogens (tertiary/aromatic N) is 1. The lowest BCUT2D eigenvalue weighted by molar-refractivity contribution is 0.0929. The van der Waals surface area contributed by atoms with E-state index in [0.29, 0.717) is 24.8 Å². The Bertz CT molecular complexity index is 914. The van der Waals surface area contributed by atoms with Crippen molar-refractivity contribution >= 4 is 17.7 Å². The Hall–Kier alpha value is -1.98. The Labute approximate surface area is 190 Å². The van der Waals surface area contributed by atoms with E-state index in [2.05, 4.69) is 54.4 Å². The van der Waals surface area contributed by atoms with E-state index in [4.69, 9.17) is 4.74 Å². The van der Waals surface area contributed by atoms with Crippen LogP contribution in [-0.2, 0) is 19.3 Å². The van der Waals surface area contributed by atoms with E-state index in [1.54, 1.807) is 11.8 Å². The lowest BCUT2D eigenvalue weighted by atomic mass is 10.00. The van der Waals surface area contributed by atoms with Crippen molar-refractivity contribution < 1.29 is 9.53 Å². The zero-order valence-electron chi connectivity index (χ0n) is 18.8. The molecule has 2 heterocycles. The fourth-order valence-corrected chi connectivity index (χ4v) is 5.45. The molecule has 0 radical (unpaired) electrons. The topological polar surface area (TPSA) is 41.6 Å². The Balaban J connectivity index is 1.50. The van der Waals surface area contributed by atoms with Gasteiger partial charge in [0.15, 0.2) is 0 Å². The van der Waals surface area contributed by atoms with Crippen molar-refractivity contribution in [3.05, 3.63) is 58.7 Å². The molecular weight excluding hydrogens is 404 g/mol. The average Bonchev–Trinajstić information content (AvgIpc) is 3.18. The molecule has 1 N–H and O–H groups in total. The summed E-state index contributed by atoms with van der Waals surface area (Å²) in [7, 11) is 0.